The fourth-order valence-electron chi connectivity index (χ4n) is 2.33. The van der Waals surface area contributed by atoms with Gasteiger partial charge < -0.3 is 9.84 Å². The third-order valence-electron chi connectivity index (χ3n) is 3.38. The lowest BCUT2D eigenvalue weighted by molar-refractivity contribution is 0.172. The molecule has 0 aliphatic carbocycles. The first-order chi connectivity index (χ1) is 8.78. The maximum Gasteiger partial charge on any atom is 0.147 e. The van der Waals surface area contributed by atoms with Crippen molar-refractivity contribution in [3.8, 4) is 0 Å². The number of rotatable bonds is 3. The second kappa shape index (κ2) is 4.19. The number of aliphatic hydroxyl groups excluding tert-OH is 1. The van der Waals surface area contributed by atoms with E-state index in [0.717, 1.165) is 5.56 Å². The van der Waals surface area contributed by atoms with Crippen LogP contribution in [0.3, 0.4) is 0 Å². The van der Waals surface area contributed by atoms with Crippen LogP contribution < -0.4 is 0 Å². The average Bonchev–Trinajstić information content (AvgIpc) is 3.16. The van der Waals surface area contributed by atoms with Crippen LogP contribution in [-0.2, 0) is 10.3 Å². The minimum atomic E-state index is -0.788. The van der Waals surface area contributed by atoms with E-state index in [1.807, 2.05) is 30.3 Å². The second-order valence-corrected chi connectivity index (χ2v) is 4.43. The Kier molecular flexibility index (Phi) is 2.65. The van der Waals surface area contributed by atoms with Gasteiger partial charge in [0.25, 0.3) is 0 Å². The lowest BCUT2D eigenvalue weighted by Crippen LogP contribution is -2.15. The second-order valence-electron chi connectivity index (χ2n) is 4.43. The molecule has 1 heterocycles. The monoisotopic (exact) mass is 244 g/mol. The van der Waals surface area contributed by atoms with Gasteiger partial charge >= 0.3 is 0 Å². The van der Waals surface area contributed by atoms with E-state index in [4.69, 9.17) is 4.74 Å². The molecule has 1 saturated heterocycles. The zero-order valence-corrected chi connectivity index (χ0v) is 9.71. The van der Waals surface area contributed by atoms with Crippen molar-refractivity contribution in [1.29, 1.82) is 0 Å². The molecule has 0 aromatic heterocycles. The summed E-state index contributed by atoms with van der Waals surface area (Å²) >= 11 is 0. The van der Waals surface area contributed by atoms with Crippen molar-refractivity contribution < 1.29 is 14.2 Å². The van der Waals surface area contributed by atoms with Gasteiger partial charge in [-0.1, -0.05) is 48.5 Å². The molecule has 0 bridgehead atoms. The molecule has 2 atom stereocenters. The van der Waals surface area contributed by atoms with Crippen LogP contribution in [0.1, 0.15) is 17.2 Å². The van der Waals surface area contributed by atoms with Crippen molar-refractivity contribution in [2.45, 2.75) is 11.7 Å². The van der Waals surface area contributed by atoms with Crippen LogP contribution >= 0.6 is 0 Å². The lowest BCUT2D eigenvalue weighted by atomic mass is 9.92. The summed E-state index contributed by atoms with van der Waals surface area (Å²) in [4.78, 5) is 0. The fraction of sp³-hybridized carbons (Fsp3) is 0.200. The first kappa shape index (κ1) is 11.4. The Morgan fingerprint density at radius 1 is 1.06 bits per heavy atom. The Labute approximate surface area is 105 Å². The summed E-state index contributed by atoms with van der Waals surface area (Å²) in [6, 6.07) is 15.9. The number of ether oxygens (including phenoxy) is 1. The summed E-state index contributed by atoms with van der Waals surface area (Å²) in [5.74, 6) is -0.297. The molecular weight excluding hydrogens is 231 g/mol. The summed E-state index contributed by atoms with van der Waals surface area (Å²) in [6.45, 7) is -0.157. The normalized spacial score (nSPS) is 26.0. The summed E-state index contributed by atoms with van der Waals surface area (Å²) < 4.78 is 19.3. The third kappa shape index (κ3) is 1.64. The van der Waals surface area contributed by atoms with Crippen LogP contribution in [0.4, 0.5) is 4.39 Å². The Bertz CT molecular complexity index is 555. The number of epoxide rings is 1. The van der Waals surface area contributed by atoms with Crippen LogP contribution in [0.5, 0.6) is 0 Å². The van der Waals surface area contributed by atoms with E-state index in [2.05, 4.69) is 0 Å². The maximum absolute atomic E-state index is 13.7. The molecule has 2 nitrogen and oxygen atoms in total. The van der Waals surface area contributed by atoms with E-state index >= 15 is 0 Å². The van der Waals surface area contributed by atoms with E-state index in [9.17, 15) is 9.50 Å². The molecule has 1 aliphatic rings. The van der Waals surface area contributed by atoms with Gasteiger partial charge in [0.05, 0.1) is 6.61 Å². The van der Waals surface area contributed by atoms with Crippen LogP contribution in [0, 0.1) is 5.82 Å². The number of halogens is 1. The summed E-state index contributed by atoms with van der Waals surface area (Å²) in [5.41, 5.74) is 0.583. The minimum Gasteiger partial charge on any atom is -0.393 e. The van der Waals surface area contributed by atoms with Crippen molar-refractivity contribution in [3.05, 3.63) is 71.5 Å². The largest absolute Gasteiger partial charge is 0.393 e. The number of hydrogen-bond acceptors (Lipinski definition) is 2. The van der Waals surface area contributed by atoms with E-state index in [1.54, 1.807) is 18.2 Å². The molecule has 0 amide bonds. The highest BCUT2D eigenvalue weighted by Crippen LogP contribution is 2.56. The Morgan fingerprint density at radius 2 is 1.72 bits per heavy atom. The van der Waals surface area contributed by atoms with Gasteiger partial charge in [0.1, 0.15) is 17.5 Å². The van der Waals surface area contributed by atoms with Gasteiger partial charge in [-0.25, -0.2) is 4.39 Å². The molecule has 1 fully saturated rings. The molecule has 0 radical (unpaired) electrons. The van der Waals surface area contributed by atoms with E-state index in [0.29, 0.717) is 5.56 Å². The SMILES string of the molecule is OCC1(c2ccccc2)OC1c1ccccc1F. The zero-order chi connectivity index (χ0) is 12.6. The standard InChI is InChI=1S/C15H13FO2/c16-13-9-5-4-8-12(13)14-15(10-17,18-14)11-6-2-1-3-7-11/h1-9,14,17H,10H2. The molecule has 18 heavy (non-hydrogen) atoms. The minimum absolute atomic E-state index is 0.157. The molecule has 2 aromatic rings. The summed E-state index contributed by atoms with van der Waals surface area (Å²) in [5, 5.41) is 9.59. The van der Waals surface area contributed by atoms with Crippen molar-refractivity contribution in [3.63, 3.8) is 0 Å². The van der Waals surface area contributed by atoms with Crippen LogP contribution in [0.25, 0.3) is 0 Å². The average molecular weight is 244 g/mol. The van der Waals surface area contributed by atoms with Gasteiger partial charge in [0, 0.05) is 5.56 Å². The Hall–Kier alpha value is -1.71. The van der Waals surface area contributed by atoms with Gasteiger partial charge in [-0.3, -0.25) is 0 Å². The molecule has 3 heteroatoms. The number of aliphatic hydroxyl groups is 1. The molecule has 2 unspecified atom stereocenters. The molecule has 0 saturated carbocycles. The van der Waals surface area contributed by atoms with Gasteiger partial charge in [0.15, 0.2) is 0 Å². The molecular formula is C15H13FO2. The van der Waals surface area contributed by atoms with Gasteiger partial charge in [-0.15, -0.1) is 0 Å². The summed E-state index contributed by atoms with van der Waals surface area (Å²) in [6.07, 6.45) is -0.411. The van der Waals surface area contributed by atoms with Crippen LogP contribution in [0.2, 0.25) is 0 Å². The maximum atomic E-state index is 13.7. The quantitative estimate of drug-likeness (QED) is 0.842. The third-order valence-corrected chi connectivity index (χ3v) is 3.38. The van der Waals surface area contributed by atoms with Crippen LogP contribution in [-0.4, -0.2) is 11.7 Å². The highest BCUT2D eigenvalue weighted by atomic mass is 19.1. The molecule has 2 aromatic carbocycles. The van der Waals surface area contributed by atoms with Crippen molar-refractivity contribution in [2.24, 2.45) is 0 Å². The molecule has 0 spiro atoms. The number of benzene rings is 2. The zero-order valence-electron chi connectivity index (χ0n) is 9.71. The highest BCUT2D eigenvalue weighted by molar-refractivity contribution is 5.36. The smallest absolute Gasteiger partial charge is 0.147 e. The van der Waals surface area contributed by atoms with E-state index < -0.39 is 11.7 Å². The Balaban J connectivity index is 1.97. The first-order valence-electron chi connectivity index (χ1n) is 5.86. The first-order valence-corrected chi connectivity index (χ1v) is 5.86. The fourth-order valence-corrected chi connectivity index (χ4v) is 2.33. The van der Waals surface area contributed by atoms with Crippen molar-refractivity contribution in [2.75, 3.05) is 6.61 Å². The molecule has 92 valence electrons. The lowest BCUT2D eigenvalue weighted by Gasteiger charge is -2.10. The molecule has 1 N–H and O–H groups in total. The van der Waals surface area contributed by atoms with Gasteiger partial charge in [-0.05, 0) is 11.6 Å². The van der Waals surface area contributed by atoms with Gasteiger partial charge in [-0.2, -0.15) is 0 Å². The topological polar surface area (TPSA) is 32.8 Å². The van der Waals surface area contributed by atoms with Crippen molar-refractivity contribution in [1.82, 2.24) is 0 Å². The predicted molar refractivity (Wildman–Crippen MR) is 65.4 cm³/mol. The molecule has 3 rings (SSSR count). The van der Waals surface area contributed by atoms with E-state index in [1.165, 1.54) is 6.07 Å². The number of hydrogen-bond donors (Lipinski definition) is 1. The van der Waals surface area contributed by atoms with Crippen molar-refractivity contribution >= 4 is 0 Å². The Morgan fingerprint density at radius 3 is 2.39 bits per heavy atom. The van der Waals surface area contributed by atoms with E-state index in [-0.39, 0.29) is 12.4 Å². The summed E-state index contributed by atoms with van der Waals surface area (Å²) in [7, 11) is 0. The molecule has 1 aliphatic heterocycles. The van der Waals surface area contributed by atoms with Gasteiger partial charge in [0.2, 0.25) is 0 Å². The highest BCUT2D eigenvalue weighted by Gasteiger charge is 2.58. The predicted octanol–water partition coefficient (Wildman–Crippen LogP) is 2.78. The van der Waals surface area contributed by atoms with Crippen LogP contribution in [0.15, 0.2) is 54.6 Å².